The van der Waals surface area contributed by atoms with Crippen molar-refractivity contribution in [3.8, 4) is 0 Å². The zero-order valence-corrected chi connectivity index (χ0v) is 12.4. The molecule has 100 valence electrons. The van der Waals surface area contributed by atoms with Crippen LogP contribution in [0, 0.1) is 0 Å². The van der Waals surface area contributed by atoms with Gasteiger partial charge in [0.05, 0.1) is 10.6 Å². The molecule has 6 heteroatoms. The second-order valence-electron chi connectivity index (χ2n) is 3.80. The molecule has 0 aliphatic rings. The van der Waals surface area contributed by atoms with Gasteiger partial charge in [-0.2, -0.15) is 11.8 Å². The van der Waals surface area contributed by atoms with Gasteiger partial charge in [0, 0.05) is 32.1 Å². The average Bonchev–Trinajstić information content (AvgIpc) is 2.37. The molecule has 0 spiro atoms. The molecule has 0 saturated carbocycles. The number of halogens is 1. The van der Waals surface area contributed by atoms with E-state index < -0.39 is 0 Å². The number of amides is 1. The number of thioether (sulfide) groups is 1. The Bertz CT molecular complexity index is 414. The molecule has 1 aromatic heterocycles. The zero-order valence-electron chi connectivity index (χ0n) is 10.9. The second-order valence-corrected chi connectivity index (χ2v) is 5.20. The lowest BCUT2D eigenvalue weighted by Gasteiger charge is -2.16. The minimum Gasteiger partial charge on any atom is -0.369 e. The van der Waals surface area contributed by atoms with Crippen molar-refractivity contribution >= 4 is 35.1 Å². The lowest BCUT2D eigenvalue weighted by Crippen LogP contribution is -2.29. The van der Waals surface area contributed by atoms with Crippen LogP contribution >= 0.6 is 23.4 Å². The summed E-state index contributed by atoms with van der Waals surface area (Å²) in [4.78, 5) is 17.9. The zero-order chi connectivity index (χ0) is 13.5. The molecular weight excluding hydrogens is 270 g/mol. The maximum atomic E-state index is 12.1. The van der Waals surface area contributed by atoms with Crippen LogP contribution in [0.15, 0.2) is 12.3 Å². The van der Waals surface area contributed by atoms with E-state index in [9.17, 15) is 4.79 Å². The van der Waals surface area contributed by atoms with Crippen molar-refractivity contribution in [3.05, 3.63) is 22.8 Å². The number of carbonyl (C=O) groups excluding carboxylic acids is 1. The van der Waals surface area contributed by atoms with Gasteiger partial charge in [-0.3, -0.25) is 4.79 Å². The Morgan fingerprint density at radius 2 is 2.33 bits per heavy atom. The second kappa shape index (κ2) is 7.48. The Labute approximate surface area is 117 Å². The molecule has 1 N–H and O–H groups in total. The smallest absolute Gasteiger partial charge is 0.255 e. The number of hydrogen-bond donors (Lipinski definition) is 1. The molecule has 0 fully saturated rings. The van der Waals surface area contributed by atoms with E-state index in [0.717, 1.165) is 12.3 Å². The van der Waals surface area contributed by atoms with Crippen LogP contribution in [0.1, 0.15) is 17.3 Å². The first-order valence-corrected chi connectivity index (χ1v) is 7.51. The summed E-state index contributed by atoms with van der Waals surface area (Å²) in [7, 11) is 1.78. The number of anilines is 1. The minimum atomic E-state index is -0.0542. The van der Waals surface area contributed by atoms with E-state index in [2.05, 4.69) is 10.3 Å². The number of aromatic nitrogens is 1. The first kappa shape index (κ1) is 15.1. The number of hydrogen-bond acceptors (Lipinski definition) is 4. The Morgan fingerprint density at radius 3 is 2.89 bits per heavy atom. The normalized spacial score (nSPS) is 10.2. The molecule has 0 aromatic carbocycles. The summed E-state index contributed by atoms with van der Waals surface area (Å²) in [6.45, 7) is 3.42. The van der Waals surface area contributed by atoms with Gasteiger partial charge in [-0.1, -0.05) is 11.6 Å². The van der Waals surface area contributed by atoms with E-state index in [4.69, 9.17) is 11.6 Å². The van der Waals surface area contributed by atoms with Crippen LogP contribution in [-0.2, 0) is 0 Å². The molecule has 0 saturated heterocycles. The van der Waals surface area contributed by atoms with Crippen LogP contribution in [0.3, 0.4) is 0 Å². The molecule has 0 radical (unpaired) electrons. The third-order valence-electron chi connectivity index (χ3n) is 2.41. The summed E-state index contributed by atoms with van der Waals surface area (Å²) >= 11 is 7.77. The number of rotatable bonds is 6. The van der Waals surface area contributed by atoms with E-state index in [0.29, 0.717) is 22.9 Å². The maximum Gasteiger partial charge on any atom is 0.255 e. The van der Waals surface area contributed by atoms with Crippen LogP contribution < -0.4 is 5.32 Å². The minimum absolute atomic E-state index is 0.0542. The fraction of sp³-hybridized carbons (Fsp3) is 0.500. The van der Waals surface area contributed by atoms with Gasteiger partial charge in [0.2, 0.25) is 0 Å². The van der Waals surface area contributed by atoms with Crippen molar-refractivity contribution in [3.63, 3.8) is 0 Å². The first-order chi connectivity index (χ1) is 8.60. The molecule has 1 heterocycles. The lowest BCUT2D eigenvalue weighted by molar-refractivity contribution is 0.0803. The molecule has 18 heavy (non-hydrogen) atoms. The Balaban J connectivity index is 2.77. The first-order valence-electron chi connectivity index (χ1n) is 5.74. The quantitative estimate of drug-likeness (QED) is 0.873. The molecule has 0 unspecified atom stereocenters. The Morgan fingerprint density at radius 1 is 1.61 bits per heavy atom. The van der Waals surface area contributed by atoms with Gasteiger partial charge in [0.15, 0.2) is 0 Å². The molecule has 0 aliphatic heterocycles. The van der Waals surface area contributed by atoms with Crippen LogP contribution in [0.4, 0.5) is 5.82 Å². The third kappa shape index (κ3) is 4.07. The van der Waals surface area contributed by atoms with Gasteiger partial charge < -0.3 is 10.2 Å². The van der Waals surface area contributed by atoms with Crippen molar-refractivity contribution in [2.75, 3.05) is 37.5 Å². The van der Waals surface area contributed by atoms with Gasteiger partial charge >= 0.3 is 0 Å². The van der Waals surface area contributed by atoms with Crippen LogP contribution in [0.2, 0.25) is 5.02 Å². The predicted molar refractivity (Wildman–Crippen MR) is 78.8 cm³/mol. The van der Waals surface area contributed by atoms with Crippen LogP contribution in [0.25, 0.3) is 0 Å². The maximum absolute atomic E-state index is 12.1. The van der Waals surface area contributed by atoms with Crippen LogP contribution in [0.5, 0.6) is 0 Å². The largest absolute Gasteiger partial charge is 0.369 e. The van der Waals surface area contributed by atoms with Crippen molar-refractivity contribution in [1.82, 2.24) is 9.88 Å². The summed E-state index contributed by atoms with van der Waals surface area (Å²) in [6, 6.07) is 1.66. The molecule has 1 amide bonds. The van der Waals surface area contributed by atoms with Gasteiger partial charge in [-0.15, -0.1) is 0 Å². The van der Waals surface area contributed by atoms with Gasteiger partial charge in [0.25, 0.3) is 5.91 Å². The summed E-state index contributed by atoms with van der Waals surface area (Å²) in [5.74, 6) is 1.47. The van der Waals surface area contributed by atoms with Gasteiger partial charge in [0.1, 0.15) is 5.82 Å². The fourth-order valence-electron chi connectivity index (χ4n) is 1.40. The summed E-state index contributed by atoms with van der Waals surface area (Å²) < 4.78 is 0. The summed E-state index contributed by atoms with van der Waals surface area (Å²) in [6.07, 6.45) is 3.57. The highest BCUT2D eigenvalue weighted by Crippen LogP contribution is 2.20. The molecule has 1 aromatic rings. The summed E-state index contributed by atoms with van der Waals surface area (Å²) in [5.41, 5.74) is 0.519. The predicted octanol–water partition coefficient (Wildman–Crippen LogP) is 2.60. The highest BCUT2D eigenvalue weighted by atomic mass is 35.5. The van der Waals surface area contributed by atoms with E-state index in [1.807, 2.05) is 13.2 Å². The topological polar surface area (TPSA) is 45.2 Å². The standard InChI is InChI=1S/C12H18ClN3OS/c1-4-14-11-10(13)7-9(8-15-11)12(17)16(2)5-6-18-3/h7-8H,4-6H2,1-3H3,(H,14,15). The SMILES string of the molecule is CCNc1ncc(C(=O)N(C)CCSC)cc1Cl. The molecule has 0 bridgehead atoms. The number of nitrogens with one attached hydrogen (secondary N) is 1. The van der Waals surface area contributed by atoms with Crippen molar-refractivity contribution in [2.24, 2.45) is 0 Å². The fourth-order valence-corrected chi connectivity index (χ4v) is 2.09. The van der Waals surface area contributed by atoms with E-state index in [-0.39, 0.29) is 5.91 Å². The van der Waals surface area contributed by atoms with Crippen molar-refractivity contribution < 1.29 is 4.79 Å². The number of carbonyl (C=O) groups is 1. The van der Waals surface area contributed by atoms with Gasteiger partial charge in [-0.05, 0) is 19.2 Å². The monoisotopic (exact) mass is 287 g/mol. The highest BCUT2D eigenvalue weighted by molar-refractivity contribution is 7.98. The Kier molecular flexibility index (Phi) is 6.29. The number of pyridine rings is 1. The third-order valence-corrected chi connectivity index (χ3v) is 3.29. The van der Waals surface area contributed by atoms with Gasteiger partial charge in [-0.25, -0.2) is 4.98 Å². The van der Waals surface area contributed by atoms with Crippen molar-refractivity contribution in [2.45, 2.75) is 6.92 Å². The molecule has 0 aliphatic carbocycles. The van der Waals surface area contributed by atoms with E-state index in [1.165, 1.54) is 0 Å². The van der Waals surface area contributed by atoms with Crippen molar-refractivity contribution in [1.29, 1.82) is 0 Å². The van der Waals surface area contributed by atoms with E-state index >= 15 is 0 Å². The van der Waals surface area contributed by atoms with Crippen LogP contribution in [-0.4, -0.2) is 47.9 Å². The molecule has 1 rings (SSSR count). The molecular formula is C12H18ClN3OS. The average molecular weight is 288 g/mol. The molecule has 4 nitrogen and oxygen atoms in total. The lowest BCUT2D eigenvalue weighted by atomic mass is 10.2. The Hall–Kier alpha value is -0.940. The molecule has 0 atom stereocenters. The summed E-state index contributed by atoms with van der Waals surface area (Å²) in [5, 5.41) is 3.51. The highest BCUT2D eigenvalue weighted by Gasteiger charge is 2.13. The number of nitrogens with zero attached hydrogens (tertiary/aromatic N) is 2. The van der Waals surface area contributed by atoms with E-state index in [1.54, 1.807) is 36.0 Å².